The first-order valence-corrected chi connectivity index (χ1v) is 16.3. The van der Waals surface area contributed by atoms with Crippen LogP contribution in [-0.4, -0.2) is 120 Å². The maximum Gasteiger partial charge on any atom is 0.330 e. The number of carbonyl (C=O) groups is 3. The van der Waals surface area contributed by atoms with Crippen LogP contribution in [0.3, 0.4) is 0 Å². The Morgan fingerprint density at radius 3 is 2.43 bits per heavy atom. The van der Waals surface area contributed by atoms with E-state index in [1.165, 1.54) is 25.0 Å². The molecule has 0 aromatic carbocycles. The minimum absolute atomic E-state index is 0.0347. The van der Waals surface area contributed by atoms with Gasteiger partial charge in [0.25, 0.3) is 0 Å². The van der Waals surface area contributed by atoms with Gasteiger partial charge in [-0.3, -0.25) is 9.59 Å². The molecule has 0 spiro atoms. The number of nitrogens with zero attached hydrogens (tertiary/aromatic N) is 1. The number of hydrogen-bond donors (Lipinski definition) is 3. The first kappa shape index (κ1) is 36.4. The van der Waals surface area contributed by atoms with Crippen molar-refractivity contribution in [1.29, 1.82) is 0 Å². The van der Waals surface area contributed by atoms with Crippen molar-refractivity contribution in [2.45, 2.75) is 133 Å². The molecule has 4 aliphatic rings. The fraction of sp³-hybridized carbons (Fsp3) is 0.788. The molecule has 0 radical (unpaired) electrons. The summed E-state index contributed by atoms with van der Waals surface area (Å²) in [5, 5.41) is 33.6. The molecule has 1 amide bonds. The van der Waals surface area contributed by atoms with Crippen LogP contribution in [-0.2, 0) is 42.8 Å². The van der Waals surface area contributed by atoms with Crippen LogP contribution < -0.4 is 0 Å². The standard InChI is InChI=1S/C33H51NO12/c1-20(36)43-31-21(14-29(39)41-5)13-27-15-22(19-35)34(4)28(38)17-23(37)16-24-7-6-8-25(44-24)18-26-10-12-42-30(45-26)9-11-32(2,3)33(31,40)46-27/h9,11,14,22-27,30-31,35,37,40H,6-8,10,12-13,15-19H2,1-5H3/b11-9+,21-14+/t22?,23-,24+,25-,26+,27?,30+,31+,33-/m1/s1. The normalized spacial score (nSPS) is 39.3. The number of carbonyl (C=O) groups excluding carboxylic acids is 3. The van der Waals surface area contributed by atoms with E-state index in [0.29, 0.717) is 25.9 Å². The molecular weight excluding hydrogens is 602 g/mol. The third kappa shape index (κ3) is 8.94. The van der Waals surface area contributed by atoms with Crippen LogP contribution in [0, 0.1) is 5.41 Å². The van der Waals surface area contributed by atoms with Crippen molar-refractivity contribution in [1.82, 2.24) is 4.90 Å². The number of ether oxygens (including phenoxy) is 6. The second kappa shape index (κ2) is 15.7. The Morgan fingerprint density at radius 2 is 1.76 bits per heavy atom. The van der Waals surface area contributed by atoms with E-state index in [0.717, 1.165) is 19.3 Å². The Hall–Kier alpha value is -2.39. The van der Waals surface area contributed by atoms with Gasteiger partial charge in [-0.25, -0.2) is 4.79 Å². The largest absolute Gasteiger partial charge is 0.466 e. The molecule has 3 N–H and O–H groups in total. The van der Waals surface area contributed by atoms with Crippen molar-refractivity contribution in [3.05, 3.63) is 23.8 Å². The van der Waals surface area contributed by atoms with Crippen molar-refractivity contribution < 1.29 is 58.1 Å². The van der Waals surface area contributed by atoms with Crippen LogP contribution in [0.2, 0.25) is 0 Å². The number of aliphatic hydroxyl groups excluding tert-OH is 2. The highest BCUT2D eigenvalue weighted by molar-refractivity contribution is 5.83. The predicted octanol–water partition coefficient (Wildman–Crippen LogP) is 1.90. The lowest BCUT2D eigenvalue weighted by molar-refractivity contribution is -0.326. The lowest BCUT2D eigenvalue weighted by Crippen LogP contribution is -2.62. The summed E-state index contributed by atoms with van der Waals surface area (Å²) in [5.41, 5.74) is -1.01. The van der Waals surface area contributed by atoms with Crippen LogP contribution in [0.5, 0.6) is 0 Å². The topological polar surface area (TPSA) is 171 Å². The summed E-state index contributed by atoms with van der Waals surface area (Å²) in [6.07, 6.45) is 4.47. The Morgan fingerprint density at radius 1 is 1.07 bits per heavy atom. The first-order chi connectivity index (χ1) is 21.7. The number of esters is 2. The molecule has 260 valence electrons. The summed E-state index contributed by atoms with van der Waals surface area (Å²) in [7, 11) is 2.75. The summed E-state index contributed by atoms with van der Waals surface area (Å²) in [6, 6.07) is -0.751. The Labute approximate surface area is 270 Å². The molecule has 4 rings (SSSR count). The zero-order valence-corrected chi connectivity index (χ0v) is 27.6. The Bertz CT molecular complexity index is 1140. The number of fused-ring (bicyclic) bond motifs is 6. The second-order valence-electron chi connectivity index (χ2n) is 13.5. The van der Waals surface area contributed by atoms with Crippen molar-refractivity contribution in [2.24, 2.45) is 5.41 Å². The third-order valence-electron chi connectivity index (χ3n) is 9.53. The number of amides is 1. The number of methoxy groups -OCH3 is 1. The number of rotatable bonds is 3. The van der Waals surface area contributed by atoms with E-state index in [-0.39, 0.29) is 49.1 Å². The molecule has 4 heterocycles. The van der Waals surface area contributed by atoms with Gasteiger partial charge in [-0.05, 0) is 56.6 Å². The minimum Gasteiger partial charge on any atom is -0.466 e. The molecule has 0 aromatic heterocycles. The highest BCUT2D eigenvalue weighted by Gasteiger charge is 2.57. The molecule has 3 fully saturated rings. The van der Waals surface area contributed by atoms with E-state index in [1.807, 2.05) is 0 Å². The van der Waals surface area contributed by atoms with Crippen LogP contribution >= 0.6 is 0 Å². The van der Waals surface area contributed by atoms with Crippen molar-refractivity contribution in [3.63, 3.8) is 0 Å². The molecule has 13 heteroatoms. The van der Waals surface area contributed by atoms with Crippen LogP contribution in [0.4, 0.5) is 0 Å². The monoisotopic (exact) mass is 653 g/mol. The molecule has 3 saturated heterocycles. The van der Waals surface area contributed by atoms with Gasteiger partial charge in [-0.2, -0.15) is 0 Å². The molecule has 4 aliphatic heterocycles. The van der Waals surface area contributed by atoms with E-state index in [4.69, 9.17) is 28.4 Å². The fourth-order valence-corrected chi connectivity index (χ4v) is 6.81. The highest BCUT2D eigenvalue weighted by Crippen LogP contribution is 2.46. The lowest BCUT2D eigenvalue weighted by Gasteiger charge is -2.51. The van der Waals surface area contributed by atoms with Crippen molar-refractivity contribution >= 4 is 17.8 Å². The number of aliphatic hydroxyl groups is 3. The van der Waals surface area contributed by atoms with Gasteiger partial charge in [0.05, 0.1) is 63.3 Å². The molecule has 2 unspecified atom stereocenters. The maximum absolute atomic E-state index is 13.3. The average molecular weight is 654 g/mol. The summed E-state index contributed by atoms with van der Waals surface area (Å²) in [5.74, 6) is -3.99. The molecule has 13 nitrogen and oxygen atoms in total. The molecule has 0 aromatic rings. The van der Waals surface area contributed by atoms with Gasteiger partial charge in [-0.15, -0.1) is 0 Å². The van der Waals surface area contributed by atoms with E-state index in [9.17, 15) is 29.7 Å². The molecule has 46 heavy (non-hydrogen) atoms. The van der Waals surface area contributed by atoms with Gasteiger partial charge in [0.2, 0.25) is 11.7 Å². The average Bonchev–Trinajstić information content (AvgIpc) is 2.99. The van der Waals surface area contributed by atoms with Crippen LogP contribution in [0.25, 0.3) is 0 Å². The minimum atomic E-state index is -2.21. The van der Waals surface area contributed by atoms with Gasteiger partial charge in [0, 0.05) is 31.9 Å². The van der Waals surface area contributed by atoms with Gasteiger partial charge in [-0.1, -0.05) is 19.9 Å². The smallest absolute Gasteiger partial charge is 0.330 e. The van der Waals surface area contributed by atoms with Gasteiger partial charge < -0.3 is 48.6 Å². The predicted molar refractivity (Wildman–Crippen MR) is 163 cm³/mol. The summed E-state index contributed by atoms with van der Waals surface area (Å²) in [4.78, 5) is 39.4. The molecule has 0 aliphatic carbocycles. The number of hydrogen-bond acceptors (Lipinski definition) is 12. The van der Waals surface area contributed by atoms with Gasteiger partial charge >= 0.3 is 11.9 Å². The van der Waals surface area contributed by atoms with Gasteiger partial charge in [0.15, 0.2) is 12.4 Å². The second-order valence-corrected chi connectivity index (χ2v) is 13.5. The maximum atomic E-state index is 13.3. The SMILES string of the molecule is COC(=O)/C=C1\CC2CC(CO)N(C)C(=O)C[C@H](O)C[C@@H]3CCC[C@H](C[C@@H]4CCO[C@H](/C=C/C(C)(C)[C@](O)(O2)[C@H]1OC(C)=O)O4)O3. The van der Waals surface area contributed by atoms with Gasteiger partial charge in [0.1, 0.15) is 0 Å². The highest BCUT2D eigenvalue weighted by atomic mass is 16.7. The van der Waals surface area contributed by atoms with E-state index >= 15 is 0 Å². The van der Waals surface area contributed by atoms with Crippen LogP contribution in [0.15, 0.2) is 23.8 Å². The number of likely N-dealkylation sites (N-methyl/N-ethyl adjacent to an activating group) is 1. The fourth-order valence-electron chi connectivity index (χ4n) is 6.81. The third-order valence-corrected chi connectivity index (χ3v) is 9.53. The Kier molecular flexibility index (Phi) is 12.4. The summed E-state index contributed by atoms with van der Waals surface area (Å²) in [6.45, 7) is 4.62. The van der Waals surface area contributed by atoms with E-state index in [1.54, 1.807) is 33.0 Å². The summed E-state index contributed by atoms with van der Waals surface area (Å²) < 4.78 is 35.3. The van der Waals surface area contributed by atoms with E-state index < -0.39 is 60.4 Å². The van der Waals surface area contributed by atoms with E-state index in [2.05, 4.69) is 0 Å². The lowest BCUT2D eigenvalue weighted by atomic mass is 9.74. The first-order valence-electron chi connectivity index (χ1n) is 16.3. The van der Waals surface area contributed by atoms with Crippen LogP contribution in [0.1, 0.15) is 78.6 Å². The quantitative estimate of drug-likeness (QED) is 0.230. The zero-order valence-electron chi connectivity index (χ0n) is 27.6. The molecular formula is C33H51NO12. The summed E-state index contributed by atoms with van der Waals surface area (Å²) >= 11 is 0. The zero-order chi connectivity index (χ0) is 33.6. The van der Waals surface area contributed by atoms with Crippen molar-refractivity contribution in [3.8, 4) is 0 Å². The molecule has 6 bridgehead atoms. The molecule has 9 atom stereocenters. The Balaban J connectivity index is 1.73. The molecule has 0 saturated carbocycles. The van der Waals surface area contributed by atoms with Crippen molar-refractivity contribution in [2.75, 3.05) is 27.4 Å².